The largest absolute Gasteiger partial charge is 0.463 e. The minimum Gasteiger partial charge on any atom is -0.463 e. The van der Waals surface area contributed by atoms with Crippen molar-refractivity contribution in [1.82, 2.24) is 9.80 Å². The third-order valence-corrected chi connectivity index (χ3v) is 7.13. The Bertz CT molecular complexity index is 1190. The highest BCUT2D eigenvalue weighted by Gasteiger charge is 2.37. The van der Waals surface area contributed by atoms with Gasteiger partial charge in [-0.1, -0.05) is 36.4 Å². The molecular weight excluding hydrogens is 468 g/mol. The van der Waals surface area contributed by atoms with Crippen LogP contribution in [0, 0.1) is 6.92 Å². The normalized spacial score (nSPS) is 22.3. The van der Waals surface area contributed by atoms with Crippen LogP contribution in [0.5, 0.6) is 0 Å². The maximum Gasteiger partial charge on any atom is 0.336 e. The van der Waals surface area contributed by atoms with Crippen molar-refractivity contribution in [2.24, 2.45) is 0 Å². The highest BCUT2D eigenvalue weighted by molar-refractivity contribution is 5.96. The number of carbonyl (C=O) groups excluding carboxylic acids is 3. The summed E-state index contributed by atoms with van der Waals surface area (Å²) < 4.78 is 11.1. The van der Waals surface area contributed by atoms with Gasteiger partial charge in [-0.3, -0.25) is 9.59 Å². The minimum atomic E-state index is -0.388. The summed E-state index contributed by atoms with van der Waals surface area (Å²) in [5, 5.41) is 0. The van der Waals surface area contributed by atoms with E-state index in [1.807, 2.05) is 69.0 Å². The summed E-state index contributed by atoms with van der Waals surface area (Å²) >= 11 is 0. The lowest BCUT2D eigenvalue weighted by Gasteiger charge is -2.35. The van der Waals surface area contributed by atoms with Crippen LogP contribution in [0.3, 0.4) is 0 Å². The van der Waals surface area contributed by atoms with Crippen molar-refractivity contribution in [3.05, 3.63) is 82.1 Å². The SMILES string of the molecule is CCOC(=O)C1=C(C)N(Cc2ccc(C(=O)N3CC(C)OC(C)C3)cc2)C(=O)CC1c1ccccc1C. The fourth-order valence-electron chi connectivity index (χ4n) is 5.38. The Labute approximate surface area is 219 Å². The van der Waals surface area contributed by atoms with Gasteiger partial charge in [0.15, 0.2) is 0 Å². The number of aryl methyl sites for hydroxylation is 1. The Balaban J connectivity index is 1.58. The highest BCUT2D eigenvalue weighted by atomic mass is 16.5. The van der Waals surface area contributed by atoms with E-state index in [0.717, 1.165) is 16.7 Å². The average molecular weight is 505 g/mol. The van der Waals surface area contributed by atoms with Gasteiger partial charge in [0, 0.05) is 36.7 Å². The van der Waals surface area contributed by atoms with Gasteiger partial charge in [0.2, 0.25) is 5.91 Å². The molecule has 2 aliphatic heterocycles. The van der Waals surface area contributed by atoms with Gasteiger partial charge < -0.3 is 19.3 Å². The van der Waals surface area contributed by atoms with E-state index < -0.39 is 0 Å². The zero-order valence-corrected chi connectivity index (χ0v) is 22.3. The van der Waals surface area contributed by atoms with Crippen LogP contribution in [-0.2, 0) is 25.6 Å². The Morgan fingerprint density at radius 3 is 2.27 bits per heavy atom. The third kappa shape index (κ3) is 5.77. The summed E-state index contributed by atoms with van der Waals surface area (Å²) in [5.41, 5.74) is 4.62. The zero-order valence-electron chi connectivity index (χ0n) is 22.3. The lowest BCUT2D eigenvalue weighted by Crippen LogP contribution is -2.48. The molecular formula is C30H36N2O5. The van der Waals surface area contributed by atoms with Crippen LogP contribution >= 0.6 is 0 Å². The van der Waals surface area contributed by atoms with Gasteiger partial charge in [0.1, 0.15) is 0 Å². The quantitative estimate of drug-likeness (QED) is 0.538. The number of carbonyl (C=O) groups is 3. The second-order valence-electron chi connectivity index (χ2n) is 9.98. The molecule has 2 aliphatic rings. The molecule has 0 spiro atoms. The van der Waals surface area contributed by atoms with E-state index in [0.29, 0.717) is 36.5 Å². The molecule has 1 fully saturated rings. The van der Waals surface area contributed by atoms with E-state index in [4.69, 9.17) is 9.47 Å². The molecule has 37 heavy (non-hydrogen) atoms. The summed E-state index contributed by atoms with van der Waals surface area (Å²) in [7, 11) is 0. The number of nitrogens with zero attached hydrogens (tertiary/aromatic N) is 2. The first-order valence-corrected chi connectivity index (χ1v) is 13.0. The average Bonchev–Trinajstić information content (AvgIpc) is 2.86. The van der Waals surface area contributed by atoms with Crippen molar-refractivity contribution in [3.63, 3.8) is 0 Å². The van der Waals surface area contributed by atoms with E-state index in [-0.39, 0.29) is 48.9 Å². The van der Waals surface area contributed by atoms with Crippen molar-refractivity contribution < 1.29 is 23.9 Å². The smallest absolute Gasteiger partial charge is 0.336 e. The standard InChI is InChI=1S/C30H36N2O5/c1-6-36-30(35)28-22(5)32(27(33)15-26(28)25-10-8-7-9-19(25)2)18-23-11-13-24(14-12-23)29(34)31-16-20(3)37-21(4)17-31/h7-14,20-21,26H,6,15-18H2,1-5H3. The van der Waals surface area contributed by atoms with E-state index in [1.54, 1.807) is 24.0 Å². The number of allylic oxidation sites excluding steroid dienone is 1. The van der Waals surface area contributed by atoms with Crippen LogP contribution < -0.4 is 0 Å². The molecule has 0 N–H and O–H groups in total. The van der Waals surface area contributed by atoms with Crippen LogP contribution in [-0.4, -0.2) is 59.5 Å². The van der Waals surface area contributed by atoms with Crippen molar-refractivity contribution in [1.29, 1.82) is 0 Å². The molecule has 4 rings (SSSR count). The highest BCUT2D eigenvalue weighted by Crippen LogP contribution is 2.39. The van der Waals surface area contributed by atoms with Crippen molar-refractivity contribution >= 4 is 17.8 Å². The first-order valence-electron chi connectivity index (χ1n) is 13.0. The van der Waals surface area contributed by atoms with Gasteiger partial charge in [-0.05, 0) is 63.4 Å². The number of hydrogen-bond acceptors (Lipinski definition) is 5. The van der Waals surface area contributed by atoms with Crippen molar-refractivity contribution in [2.75, 3.05) is 19.7 Å². The Morgan fingerprint density at radius 2 is 1.65 bits per heavy atom. The second-order valence-corrected chi connectivity index (χ2v) is 9.98. The molecule has 2 heterocycles. The van der Waals surface area contributed by atoms with E-state index in [1.165, 1.54) is 0 Å². The first-order chi connectivity index (χ1) is 17.7. The number of ether oxygens (including phenoxy) is 2. The lowest BCUT2D eigenvalue weighted by molar-refractivity contribution is -0.140. The number of esters is 1. The number of amides is 2. The lowest BCUT2D eigenvalue weighted by atomic mass is 9.81. The van der Waals surface area contributed by atoms with E-state index >= 15 is 0 Å². The molecule has 7 nitrogen and oxygen atoms in total. The van der Waals surface area contributed by atoms with Gasteiger partial charge in [0.25, 0.3) is 5.91 Å². The first kappa shape index (κ1) is 26.6. The Hall–Kier alpha value is -3.45. The van der Waals surface area contributed by atoms with Crippen molar-refractivity contribution in [3.8, 4) is 0 Å². The monoisotopic (exact) mass is 504 g/mol. The molecule has 0 aromatic heterocycles. The summed E-state index contributed by atoms with van der Waals surface area (Å²) in [4.78, 5) is 42.9. The van der Waals surface area contributed by atoms with E-state index in [9.17, 15) is 14.4 Å². The summed E-state index contributed by atoms with van der Waals surface area (Å²) in [6.45, 7) is 11.2. The predicted molar refractivity (Wildman–Crippen MR) is 141 cm³/mol. The molecule has 2 aromatic rings. The molecule has 3 atom stereocenters. The molecule has 196 valence electrons. The van der Waals surface area contributed by atoms with Crippen LogP contribution in [0.2, 0.25) is 0 Å². The van der Waals surface area contributed by atoms with Crippen LogP contribution in [0.15, 0.2) is 59.8 Å². The topological polar surface area (TPSA) is 76.2 Å². The van der Waals surface area contributed by atoms with Crippen LogP contribution in [0.25, 0.3) is 0 Å². The van der Waals surface area contributed by atoms with Crippen molar-refractivity contribution in [2.45, 2.75) is 65.7 Å². The molecule has 3 unspecified atom stereocenters. The van der Waals surface area contributed by atoms with Gasteiger partial charge in [0.05, 0.1) is 30.9 Å². The third-order valence-electron chi connectivity index (χ3n) is 7.13. The molecule has 2 amide bonds. The Morgan fingerprint density at radius 1 is 1.00 bits per heavy atom. The molecule has 1 saturated heterocycles. The molecule has 7 heteroatoms. The predicted octanol–water partition coefficient (Wildman–Crippen LogP) is 4.60. The summed E-state index contributed by atoms with van der Waals surface area (Å²) in [6.07, 6.45) is 0.202. The number of hydrogen-bond donors (Lipinski definition) is 0. The fraction of sp³-hybridized carbons (Fsp3) is 0.433. The van der Waals surface area contributed by atoms with Crippen LogP contribution in [0.1, 0.15) is 67.1 Å². The number of morpholine rings is 1. The second kappa shape index (κ2) is 11.3. The fourth-order valence-corrected chi connectivity index (χ4v) is 5.38. The Kier molecular flexibility index (Phi) is 8.13. The van der Waals surface area contributed by atoms with Gasteiger partial charge >= 0.3 is 5.97 Å². The van der Waals surface area contributed by atoms with Gasteiger partial charge in [-0.2, -0.15) is 0 Å². The minimum absolute atomic E-state index is 0.00365. The molecule has 0 aliphatic carbocycles. The number of benzene rings is 2. The molecule has 0 bridgehead atoms. The number of rotatable bonds is 6. The molecule has 0 radical (unpaired) electrons. The summed E-state index contributed by atoms with van der Waals surface area (Å²) in [6, 6.07) is 15.2. The molecule has 2 aromatic carbocycles. The maximum atomic E-state index is 13.3. The zero-order chi connectivity index (χ0) is 26.7. The van der Waals surface area contributed by atoms with E-state index in [2.05, 4.69) is 0 Å². The van der Waals surface area contributed by atoms with Crippen LogP contribution in [0.4, 0.5) is 0 Å². The molecule has 0 saturated carbocycles. The maximum absolute atomic E-state index is 13.3. The summed E-state index contributed by atoms with van der Waals surface area (Å²) in [5.74, 6) is -0.803. The van der Waals surface area contributed by atoms with Gasteiger partial charge in [-0.15, -0.1) is 0 Å². The van der Waals surface area contributed by atoms with Gasteiger partial charge in [-0.25, -0.2) is 4.79 Å².